The minimum absolute atomic E-state index is 0.287. The predicted molar refractivity (Wildman–Crippen MR) is 96.9 cm³/mol. The lowest BCUT2D eigenvalue weighted by Crippen LogP contribution is -2.09. The fraction of sp³-hybridized carbons (Fsp3) is 0.267. The van der Waals surface area contributed by atoms with Crippen LogP contribution in [0.5, 0.6) is 6.01 Å². The van der Waals surface area contributed by atoms with Crippen LogP contribution in [0.25, 0.3) is 0 Å². The van der Waals surface area contributed by atoms with Gasteiger partial charge in [0.05, 0.1) is 6.61 Å². The first-order chi connectivity index (χ1) is 10.6. The largest absolute Gasteiger partial charge is 0.464 e. The summed E-state index contributed by atoms with van der Waals surface area (Å²) in [6.07, 6.45) is 1.74. The van der Waals surface area contributed by atoms with Crippen LogP contribution in [0, 0.1) is 10.5 Å². The van der Waals surface area contributed by atoms with Gasteiger partial charge < -0.3 is 15.4 Å². The fourth-order valence-electron chi connectivity index (χ4n) is 1.74. The Morgan fingerprint density at radius 3 is 2.73 bits per heavy atom. The zero-order valence-corrected chi connectivity index (χ0v) is 14.7. The van der Waals surface area contributed by atoms with Crippen LogP contribution in [-0.2, 0) is 0 Å². The van der Waals surface area contributed by atoms with Gasteiger partial charge in [0.2, 0.25) is 11.9 Å². The maximum atomic E-state index is 5.38. The third-order valence-corrected chi connectivity index (χ3v) is 3.40. The Bertz CT molecular complexity index is 662. The minimum Gasteiger partial charge on any atom is -0.464 e. The van der Waals surface area contributed by atoms with Gasteiger partial charge in [-0.2, -0.15) is 15.0 Å². The minimum atomic E-state index is 0.287. The standard InChI is InChI=1S/C15H18IN5O/c1-4-8-17-13-19-14(21-15(20-13)22-5-2)18-12-7-6-11(16)9-10(12)3/h4,6-7,9H,1,5,8H2,2-3H3,(H2,17,18,19,20,21). The summed E-state index contributed by atoms with van der Waals surface area (Å²) in [5.74, 6) is 0.887. The monoisotopic (exact) mass is 411 g/mol. The van der Waals surface area contributed by atoms with E-state index >= 15 is 0 Å². The smallest absolute Gasteiger partial charge is 0.323 e. The molecule has 0 unspecified atom stereocenters. The van der Waals surface area contributed by atoms with Gasteiger partial charge in [-0.1, -0.05) is 6.08 Å². The highest BCUT2D eigenvalue weighted by molar-refractivity contribution is 14.1. The Labute approximate surface area is 143 Å². The fourth-order valence-corrected chi connectivity index (χ4v) is 2.38. The van der Waals surface area contributed by atoms with E-state index in [1.807, 2.05) is 26.0 Å². The summed E-state index contributed by atoms with van der Waals surface area (Å²) < 4.78 is 6.57. The van der Waals surface area contributed by atoms with Crippen molar-refractivity contribution in [2.24, 2.45) is 0 Å². The van der Waals surface area contributed by atoms with E-state index in [2.05, 4.69) is 60.8 Å². The molecular weight excluding hydrogens is 393 g/mol. The number of benzene rings is 1. The van der Waals surface area contributed by atoms with Crippen LogP contribution >= 0.6 is 22.6 Å². The Morgan fingerprint density at radius 2 is 2.05 bits per heavy atom. The number of anilines is 3. The zero-order valence-electron chi connectivity index (χ0n) is 12.6. The number of hydrogen-bond donors (Lipinski definition) is 2. The molecule has 2 aromatic rings. The maximum Gasteiger partial charge on any atom is 0.323 e. The van der Waals surface area contributed by atoms with Crippen molar-refractivity contribution in [3.8, 4) is 6.01 Å². The van der Waals surface area contributed by atoms with Crippen LogP contribution in [0.1, 0.15) is 12.5 Å². The second-order valence-electron chi connectivity index (χ2n) is 4.45. The van der Waals surface area contributed by atoms with Crippen molar-refractivity contribution >= 4 is 40.2 Å². The topological polar surface area (TPSA) is 72.0 Å². The molecule has 1 aromatic heterocycles. The molecule has 0 bridgehead atoms. The lowest BCUT2D eigenvalue weighted by Gasteiger charge is -2.11. The van der Waals surface area contributed by atoms with E-state index in [0.29, 0.717) is 25.0 Å². The molecule has 0 atom stereocenters. The third-order valence-electron chi connectivity index (χ3n) is 2.73. The van der Waals surface area contributed by atoms with Crippen LogP contribution in [0.2, 0.25) is 0 Å². The molecule has 0 saturated heterocycles. The summed E-state index contributed by atoms with van der Waals surface area (Å²) in [6, 6.07) is 6.40. The Morgan fingerprint density at radius 1 is 1.27 bits per heavy atom. The number of hydrogen-bond acceptors (Lipinski definition) is 6. The van der Waals surface area contributed by atoms with Crippen LogP contribution in [0.15, 0.2) is 30.9 Å². The molecule has 0 spiro atoms. The van der Waals surface area contributed by atoms with E-state index in [9.17, 15) is 0 Å². The zero-order chi connectivity index (χ0) is 15.9. The number of nitrogens with zero attached hydrogens (tertiary/aromatic N) is 3. The quantitative estimate of drug-likeness (QED) is 0.537. The number of aryl methyl sites for hydroxylation is 1. The van der Waals surface area contributed by atoms with E-state index in [4.69, 9.17) is 4.74 Å². The number of aromatic nitrogens is 3. The maximum absolute atomic E-state index is 5.38. The SMILES string of the molecule is C=CCNc1nc(Nc2ccc(I)cc2C)nc(OCC)n1. The number of halogens is 1. The predicted octanol–water partition coefficient (Wildman–Crippen LogP) is 3.52. The van der Waals surface area contributed by atoms with Crippen molar-refractivity contribution in [1.82, 2.24) is 15.0 Å². The molecule has 7 heteroatoms. The third kappa shape index (κ3) is 4.55. The van der Waals surface area contributed by atoms with Gasteiger partial charge in [-0.05, 0) is 60.2 Å². The molecule has 0 fully saturated rings. The number of rotatable bonds is 7. The summed E-state index contributed by atoms with van der Waals surface area (Å²) in [4.78, 5) is 12.8. The summed E-state index contributed by atoms with van der Waals surface area (Å²) in [7, 11) is 0. The summed E-state index contributed by atoms with van der Waals surface area (Å²) >= 11 is 2.28. The molecule has 1 heterocycles. The molecule has 2 rings (SSSR count). The van der Waals surface area contributed by atoms with E-state index < -0.39 is 0 Å². The van der Waals surface area contributed by atoms with Crippen LogP contribution in [0.3, 0.4) is 0 Å². The molecule has 0 radical (unpaired) electrons. The first-order valence-corrected chi connectivity index (χ1v) is 7.97. The van der Waals surface area contributed by atoms with Crippen molar-refractivity contribution in [3.05, 3.63) is 40.0 Å². The molecule has 0 amide bonds. The van der Waals surface area contributed by atoms with Gasteiger partial charge in [0.15, 0.2) is 0 Å². The lowest BCUT2D eigenvalue weighted by molar-refractivity contribution is 0.312. The molecule has 1 aromatic carbocycles. The van der Waals surface area contributed by atoms with Crippen LogP contribution < -0.4 is 15.4 Å². The van der Waals surface area contributed by atoms with Crippen molar-refractivity contribution in [2.75, 3.05) is 23.8 Å². The van der Waals surface area contributed by atoms with Gasteiger partial charge in [0.1, 0.15) is 0 Å². The van der Waals surface area contributed by atoms with Gasteiger partial charge in [0.25, 0.3) is 0 Å². The first-order valence-electron chi connectivity index (χ1n) is 6.89. The highest BCUT2D eigenvalue weighted by Crippen LogP contribution is 2.22. The number of nitrogens with one attached hydrogen (secondary N) is 2. The molecule has 0 aliphatic heterocycles. The van der Waals surface area contributed by atoms with Crippen molar-refractivity contribution in [1.29, 1.82) is 0 Å². The Balaban J connectivity index is 2.27. The van der Waals surface area contributed by atoms with Gasteiger partial charge in [-0.15, -0.1) is 6.58 Å². The van der Waals surface area contributed by atoms with Crippen LogP contribution in [-0.4, -0.2) is 28.1 Å². The number of ether oxygens (including phenoxy) is 1. The Kier molecular flexibility index (Phi) is 5.93. The summed E-state index contributed by atoms with van der Waals surface area (Å²) in [5, 5.41) is 6.25. The van der Waals surface area contributed by atoms with Gasteiger partial charge >= 0.3 is 6.01 Å². The van der Waals surface area contributed by atoms with Gasteiger partial charge in [-0.3, -0.25) is 0 Å². The second-order valence-corrected chi connectivity index (χ2v) is 5.70. The average Bonchev–Trinajstić information content (AvgIpc) is 2.48. The van der Waals surface area contributed by atoms with E-state index in [1.54, 1.807) is 6.08 Å². The molecule has 2 N–H and O–H groups in total. The van der Waals surface area contributed by atoms with Gasteiger partial charge in [0, 0.05) is 15.8 Å². The van der Waals surface area contributed by atoms with Crippen molar-refractivity contribution < 1.29 is 4.74 Å². The summed E-state index contributed by atoms with van der Waals surface area (Å²) in [6.45, 7) is 8.64. The molecule has 0 saturated carbocycles. The lowest BCUT2D eigenvalue weighted by atomic mass is 10.2. The van der Waals surface area contributed by atoms with E-state index in [1.165, 1.54) is 3.57 Å². The van der Waals surface area contributed by atoms with Crippen molar-refractivity contribution in [3.63, 3.8) is 0 Å². The van der Waals surface area contributed by atoms with Gasteiger partial charge in [-0.25, -0.2) is 0 Å². The highest BCUT2D eigenvalue weighted by atomic mass is 127. The molecule has 0 aliphatic carbocycles. The molecule has 116 valence electrons. The normalized spacial score (nSPS) is 10.1. The first kappa shape index (κ1) is 16.5. The molecule has 0 aliphatic rings. The molecular formula is C15H18IN5O. The van der Waals surface area contributed by atoms with E-state index in [0.717, 1.165) is 11.3 Å². The average molecular weight is 411 g/mol. The summed E-state index contributed by atoms with van der Waals surface area (Å²) in [5.41, 5.74) is 2.06. The van der Waals surface area contributed by atoms with Crippen LogP contribution in [0.4, 0.5) is 17.6 Å². The molecule has 22 heavy (non-hydrogen) atoms. The molecule has 6 nitrogen and oxygen atoms in total. The van der Waals surface area contributed by atoms with Crippen molar-refractivity contribution in [2.45, 2.75) is 13.8 Å². The Hall–Kier alpha value is -1.90. The second kappa shape index (κ2) is 7.92. The highest BCUT2D eigenvalue weighted by Gasteiger charge is 2.08. The van der Waals surface area contributed by atoms with E-state index in [-0.39, 0.29) is 6.01 Å².